The molecule has 0 unspecified atom stereocenters. The molecule has 0 heterocycles. The van der Waals surface area contributed by atoms with Crippen LogP contribution in [0.3, 0.4) is 0 Å². The van der Waals surface area contributed by atoms with E-state index in [0.717, 1.165) is 5.56 Å². The lowest BCUT2D eigenvalue weighted by Crippen LogP contribution is -1.97. The summed E-state index contributed by atoms with van der Waals surface area (Å²) >= 11 is 0. The largest absolute Gasteiger partial charge is 0.489 e. The molecule has 0 radical (unpaired) electrons. The molecule has 2 nitrogen and oxygen atoms in total. The first-order valence-corrected chi connectivity index (χ1v) is 10.3. The van der Waals surface area contributed by atoms with Crippen molar-refractivity contribution in [3.63, 3.8) is 0 Å². The van der Waals surface area contributed by atoms with Crippen LogP contribution < -0.4 is 4.74 Å². The third-order valence-corrected chi connectivity index (χ3v) is 5.42. The highest BCUT2D eigenvalue weighted by Crippen LogP contribution is 2.31. The molecule has 0 atom stereocenters. The fraction of sp³-hybridized carbons (Fsp3) is 0.107. The van der Waals surface area contributed by atoms with E-state index in [0.29, 0.717) is 58.2 Å². The van der Waals surface area contributed by atoms with Gasteiger partial charge in [-0.15, -0.1) is 0 Å². The zero-order valence-corrected chi connectivity index (χ0v) is 17.4. The Hall–Kier alpha value is -3.97. The summed E-state index contributed by atoms with van der Waals surface area (Å²) in [5.74, 6) is -0.216. The molecule has 4 aromatic rings. The van der Waals surface area contributed by atoms with Crippen LogP contribution in [-0.2, 0) is 12.8 Å². The number of benzene rings is 4. The van der Waals surface area contributed by atoms with E-state index in [9.17, 15) is 4.39 Å². The van der Waals surface area contributed by atoms with Crippen LogP contribution in [0.4, 0.5) is 8.78 Å². The Balaban J connectivity index is 1.56. The molecular weight excluding hydrogens is 404 g/mol. The predicted molar refractivity (Wildman–Crippen MR) is 124 cm³/mol. The van der Waals surface area contributed by atoms with E-state index in [2.05, 4.69) is 12.6 Å². The second-order valence-corrected chi connectivity index (χ2v) is 7.52. The first kappa shape index (κ1) is 21.3. The van der Waals surface area contributed by atoms with E-state index < -0.39 is 5.82 Å². The Kier molecular flexibility index (Phi) is 6.28. The average molecular weight is 425 g/mol. The zero-order chi connectivity index (χ0) is 22.5. The molecule has 0 aromatic heterocycles. The second-order valence-electron chi connectivity index (χ2n) is 7.52. The lowest BCUT2D eigenvalue weighted by Gasteiger charge is -2.10. The molecule has 4 heteroatoms. The highest BCUT2D eigenvalue weighted by Gasteiger charge is 2.11. The van der Waals surface area contributed by atoms with Crippen LogP contribution in [0.5, 0.6) is 5.75 Å². The lowest BCUT2D eigenvalue weighted by atomic mass is 9.97. The normalized spacial score (nSPS) is 10.7. The van der Waals surface area contributed by atoms with Crippen molar-refractivity contribution < 1.29 is 13.5 Å². The van der Waals surface area contributed by atoms with Gasteiger partial charge in [-0.05, 0) is 65.3 Å². The molecule has 32 heavy (non-hydrogen) atoms. The van der Waals surface area contributed by atoms with E-state index in [1.807, 2.05) is 18.2 Å². The Morgan fingerprint density at radius 2 is 1.72 bits per heavy atom. The molecule has 0 aliphatic rings. The summed E-state index contributed by atoms with van der Waals surface area (Å²) < 4.78 is 35.1. The summed E-state index contributed by atoms with van der Waals surface area (Å²) in [5.41, 5.74) is 3.40. The second kappa shape index (κ2) is 9.45. The van der Waals surface area contributed by atoms with Crippen LogP contribution in [0, 0.1) is 23.0 Å². The molecule has 0 fully saturated rings. The van der Waals surface area contributed by atoms with E-state index in [-0.39, 0.29) is 5.82 Å². The lowest BCUT2D eigenvalue weighted by molar-refractivity contribution is 0.361. The van der Waals surface area contributed by atoms with Gasteiger partial charge in [0.05, 0.1) is 11.6 Å². The number of aryl methyl sites for hydroxylation is 2. The molecular formula is C28H21F2NO. The number of ether oxygens (including phenoxy) is 1. The van der Waals surface area contributed by atoms with E-state index >= 15 is 4.39 Å². The summed E-state index contributed by atoms with van der Waals surface area (Å²) in [5, 5.41) is 10.1. The van der Waals surface area contributed by atoms with Crippen molar-refractivity contribution in [2.45, 2.75) is 12.8 Å². The molecule has 158 valence electrons. The van der Waals surface area contributed by atoms with Gasteiger partial charge in [0, 0.05) is 17.0 Å². The highest BCUT2D eigenvalue weighted by molar-refractivity contribution is 5.88. The quantitative estimate of drug-likeness (QED) is 0.299. The number of fused-ring (bicyclic) bond motifs is 1. The van der Waals surface area contributed by atoms with Crippen LogP contribution in [0.2, 0.25) is 0 Å². The molecule has 0 aliphatic carbocycles. The summed E-state index contributed by atoms with van der Waals surface area (Å²) in [6, 6.07) is 23.0. The minimum absolute atomic E-state index is 0.253. The third kappa shape index (κ3) is 4.53. The van der Waals surface area contributed by atoms with Crippen LogP contribution in [0.25, 0.3) is 21.9 Å². The van der Waals surface area contributed by atoms with Crippen LogP contribution >= 0.6 is 0 Å². The summed E-state index contributed by atoms with van der Waals surface area (Å²) in [6.07, 6.45) is 2.83. The smallest absolute Gasteiger partial charge is 0.134 e. The molecule has 0 aliphatic heterocycles. The van der Waals surface area contributed by atoms with Crippen molar-refractivity contribution in [2.24, 2.45) is 0 Å². The number of hydrogen-bond donors (Lipinski definition) is 0. The minimum Gasteiger partial charge on any atom is -0.489 e. The number of hydrogen-bond acceptors (Lipinski definition) is 2. The van der Waals surface area contributed by atoms with Crippen molar-refractivity contribution in [3.8, 4) is 22.9 Å². The summed E-state index contributed by atoms with van der Waals surface area (Å²) in [7, 11) is 0. The van der Waals surface area contributed by atoms with Gasteiger partial charge in [0.2, 0.25) is 0 Å². The Morgan fingerprint density at radius 3 is 2.44 bits per heavy atom. The van der Waals surface area contributed by atoms with Gasteiger partial charge in [0.25, 0.3) is 0 Å². The van der Waals surface area contributed by atoms with Gasteiger partial charge in [0.1, 0.15) is 24.0 Å². The van der Waals surface area contributed by atoms with Gasteiger partial charge in [-0.25, -0.2) is 8.78 Å². The summed E-state index contributed by atoms with van der Waals surface area (Å²) in [4.78, 5) is 0. The van der Waals surface area contributed by atoms with Crippen molar-refractivity contribution in [1.29, 1.82) is 5.26 Å². The Labute approximate surface area is 186 Å². The maximum absolute atomic E-state index is 15.1. The highest BCUT2D eigenvalue weighted by atomic mass is 19.1. The van der Waals surface area contributed by atoms with Gasteiger partial charge >= 0.3 is 0 Å². The standard InChI is InChI=1S/C28H21F2NO/c1-2-15-32-24-12-14-25(27(29)17-24)22-11-13-26-23(16-22)10-9-21(28(26)30)8-7-19-3-5-20(18-31)6-4-19/h2-6,9-14,16-17H,1,7-8,15H2. The van der Waals surface area contributed by atoms with E-state index in [4.69, 9.17) is 10.00 Å². The van der Waals surface area contributed by atoms with Gasteiger partial charge in [-0.2, -0.15) is 5.26 Å². The van der Waals surface area contributed by atoms with Crippen LogP contribution in [-0.4, -0.2) is 6.61 Å². The first-order valence-electron chi connectivity index (χ1n) is 10.3. The van der Waals surface area contributed by atoms with Gasteiger partial charge in [-0.1, -0.05) is 49.1 Å². The van der Waals surface area contributed by atoms with Crippen molar-refractivity contribution in [2.75, 3.05) is 6.61 Å². The average Bonchev–Trinajstić information content (AvgIpc) is 2.82. The SMILES string of the molecule is C=CCOc1ccc(-c2ccc3c(F)c(CCc4ccc(C#N)cc4)ccc3c2)c(F)c1. The number of nitrogens with zero attached hydrogens (tertiary/aromatic N) is 1. The Bertz CT molecular complexity index is 1320. The minimum atomic E-state index is -0.398. The molecule has 0 saturated heterocycles. The molecule has 0 N–H and O–H groups in total. The third-order valence-electron chi connectivity index (χ3n) is 5.42. The van der Waals surface area contributed by atoms with Gasteiger partial charge < -0.3 is 4.74 Å². The number of halogens is 2. The van der Waals surface area contributed by atoms with Crippen molar-refractivity contribution >= 4 is 10.8 Å². The van der Waals surface area contributed by atoms with Crippen molar-refractivity contribution in [3.05, 3.63) is 114 Å². The zero-order valence-electron chi connectivity index (χ0n) is 17.4. The fourth-order valence-electron chi connectivity index (χ4n) is 3.70. The van der Waals surface area contributed by atoms with Crippen LogP contribution in [0.15, 0.2) is 85.5 Å². The predicted octanol–water partition coefficient (Wildman–Crippen LogP) is 7.01. The maximum atomic E-state index is 15.1. The van der Waals surface area contributed by atoms with Crippen molar-refractivity contribution in [1.82, 2.24) is 0 Å². The maximum Gasteiger partial charge on any atom is 0.134 e. The summed E-state index contributed by atoms with van der Waals surface area (Å²) in [6.45, 7) is 3.89. The molecule has 0 spiro atoms. The molecule has 4 rings (SSSR count). The first-order chi connectivity index (χ1) is 15.6. The molecule has 4 aromatic carbocycles. The molecule has 0 amide bonds. The molecule has 0 saturated carbocycles. The van der Waals surface area contributed by atoms with Crippen LogP contribution in [0.1, 0.15) is 16.7 Å². The van der Waals surface area contributed by atoms with E-state index in [1.165, 1.54) is 6.07 Å². The van der Waals surface area contributed by atoms with Gasteiger partial charge in [0.15, 0.2) is 0 Å². The number of nitriles is 1. The molecule has 0 bridgehead atoms. The van der Waals surface area contributed by atoms with E-state index in [1.54, 1.807) is 54.6 Å². The monoisotopic (exact) mass is 425 g/mol. The number of rotatable bonds is 7. The fourth-order valence-corrected chi connectivity index (χ4v) is 3.70. The topological polar surface area (TPSA) is 33.0 Å². The van der Waals surface area contributed by atoms with Gasteiger partial charge in [-0.3, -0.25) is 0 Å². The Morgan fingerprint density at radius 1 is 0.906 bits per heavy atom.